The summed E-state index contributed by atoms with van der Waals surface area (Å²) in [6.45, 7) is 4.41. The van der Waals surface area contributed by atoms with Crippen molar-refractivity contribution < 1.29 is 14.4 Å². The molecule has 0 atom stereocenters. The largest absolute Gasteiger partial charge is 0.343 e. The van der Waals surface area contributed by atoms with E-state index >= 15 is 0 Å². The van der Waals surface area contributed by atoms with Gasteiger partial charge in [-0.1, -0.05) is 0 Å². The van der Waals surface area contributed by atoms with Crippen LogP contribution < -0.4 is 5.32 Å². The van der Waals surface area contributed by atoms with E-state index in [1.807, 2.05) is 17.2 Å². The fraction of sp³-hybridized carbons (Fsp3) is 0.524. The molecular formula is C21H26N4O3S2. The summed E-state index contributed by atoms with van der Waals surface area (Å²) in [7, 11) is 0. The Balaban J connectivity index is 1.19. The first-order valence-corrected chi connectivity index (χ1v) is 12.1. The van der Waals surface area contributed by atoms with Crippen molar-refractivity contribution in [3.05, 3.63) is 33.0 Å². The van der Waals surface area contributed by atoms with Gasteiger partial charge in [-0.3, -0.25) is 14.4 Å². The lowest BCUT2D eigenvalue weighted by Gasteiger charge is -2.31. The van der Waals surface area contributed by atoms with Crippen LogP contribution >= 0.6 is 22.7 Å². The summed E-state index contributed by atoms with van der Waals surface area (Å²) in [5.74, 6) is -0.0724. The molecule has 1 fully saturated rings. The summed E-state index contributed by atoms with van der Waals surface area (Å²) in [6, 6.07) is 2.08. The van der Waals surface area contributed by atoms with Gasteiger partial charge in [0.2, 0.25) is 17.7 Å². The third-order valence-electron chi connectivity index (χ3n) is 5.78. The first kappa shape index (κ1) is 21.0. The average Bonchev–Trinajstić information content (AvgIpc) is 3.39. The predicted octanol–water partition coefficient (Wildman–Crippen LogP) is 3.06. The van der Waals surface area contributed by atoms with Crippen LogP contribution in [0.3, 0.4) is 0 Å². The lowest BCUT2D eigenvalue weighted by Crippen LogP contribution is -2.42. The molecule has 2 aliphatic rings. The molecule has 0 bridgehead atoms. The molecule has 4 rings (SSSR count). The third kappa shape index (κ3) is 4.89. The number of rotatable bonds is 5. The topological polar surface area (TPSA) is 82.6 Å². The van der Waals surface area contributed by atoms with Gasteiger partial charge in [0, 0.05) is 55.2 Å². The molecule has 9 heteroatoms. The minimum atomic E-state index is -0.104. The van der Waals surface area contributed by atoms with Crippen LogP contribution in [-0.2, 0) is 27.3 Å². The van der Waals surface area contributed by atoms with E-state index in [2.05, 4.69) is 21.7 Å². The summed E-state index contributed by atoms with van der Waals surface area (Å²) < 4.78 is 0. The highest BCUT2D eigenvalue weighted by molar-refractivity contribution is 7.13. The van der Waals surface area contributed by atoms with Gasteiger partial charge in [0.1, 0.15) is 0 Å². The number of hydrogen-bond donors (Lipinski definition) is 1. The minimum Gasteiger partial charge on any atom is -0.343 e. The van der Waals surface area contributed by atoms with Crippen molar-refractivity contribution in [3.8, 4) is 0 Å². The molecule has 0 unspecified atom stereocenters. The number of carbonyl (C=O) groups is 3. The lowest BCUT2D eigenvalue weighted by atomic mass is 9.95. The van der Waals surface area contributed by atoms with Gasteiger partial charge in [-0.25, -0.2) is 4.98 Å². The molecule has 0 radical (unpaired) electrons. The highest BCUT2D eigenvalue weighted by Gasteiger charge is 2.28. The van der Waals surface area contributed by atoms with Gasteiger partial charge < -0.3 is 15.1 Å². The molecular weight excluding hydrogens is 420 g/mol. The molecule has 2 aliphatic heterocycles. The van der Waals surface area contributed by atoms with Crippen LogP contribution in [0.1, 0.15) is 41.8 Å². The zero-order valence-corrected chi connectivity index (χ0v) is 18.7. The number of fused-ring (bicyclic) bond motifs is 1. The molecule has 1 saturated heterocycles. The third-order valence-corrected chi connectivity index (χ3v) is 7.68. The van der Waals surface area contributed by atoms with Crippen molar-refractivity contribution in [2.45, 2.75) is 45.6 Å². The Labute approximate surface area is 184 Å². The van der Waals surface area contributed by atoms with Crippen molar-refractivity contribution in [1.29, 1.82) is 0 Å². The number of carbonyl (C=O) groups excluding carboxylic acids is 3. The van der Waals surface area contributed by atoms with Gasteiger partial charge in [0.25, 0.3) is 0 Å². The number of aryl methyl sites for hydroxylation is 1. The molecule has 3 amide bonds. The maximum absolute atomic E-state index is 12.6. The van der Waals surface area contributed by atoms with Crippen LogP contribution in [0.4, 0.5) is 5.13 Å². The second-order valence-corrected chi connectivity index (χ2v) is 9.73. The second kappa shape index (κ2) is 9.26. The van der Waals surface area contributed by atoms with E-state index in [9.17, 15) is 14.4 Å². The molecule has 0 saturated carbocycles. The van der Waals surface area contributed by atoms with E-state index in [-0.39, 0.29) is 36.5 Å². The zero-order valence-electron chi connectivity index (χ0n) is 17.1. The quantitative estimate of drug-likeness (QED) is 0.765. The highest BCUT2D eigenvalue weighted by Crippen LogP contribution is 2.25. The number of aromatic nitrogens is 1. The van der Waals surface area contributed by atoms with Crippen molar-refractivity contribution in [1.82, 2.24) is 14.8 Å². The van der Waals surface area contributed by atoms with E-state index in [1.54, 1.807) is 16.2 Å². The molecule has 30 heavy (non-hydrogen) atoms. The molecule has 2 aromatic rings. The lowest BCUT2D eigenvalue weighted by molar-refractivity contribution is -0.138. The number of amides is 3. The summed E-state index contributed by atoms with van der Waals surface area (Å²) in [4.78, 5) is 46.8. The number of hydrogen-bond acceptors (Lipinski definition) is 6. The summed E-state index contributed by atoms with van der Waals surface area (Å²) in [5.41, 5.74) is 2.13. The van der Waals surface area contributed by atoms with Crippen molar-refractivity contribution in [2.24, 2.45) is 5.92 Å². The Morgan fingerprint density at radius 3 is 2.53 bits per heavy atom. The van der Waals surface area contributed by atoms with Crippen LogP contribution in [-0.4, -0.2) is 52.1 Å². The van der Waals surface area contributed by atoms with Crippen LogP contribution in [0.5, 0.6) is 0 Å². The number of piperidine rings is 1. The zero-order chi connectivity index (χ0) is 21.1. The Hall–Kier alpha value is -2.26. The number of thiophene rings is 1. The van der Waals surface area contributed by atoms with E-state index in [1.165, 1.54) is 21.8 Å². The fourth-order valence-electron chi connectivity index (χ4n) is 4.00. The number of likely N-dealkylation sites (tertiary alicyclic amines) is 1. The second-order valence-electron chi connectivity index (χ2n) is 7.87. The summed E-state index contributed by atoms with van der Waals surface area (Å²) in [6.07, 6.45) is 2.68. The molecule has 1 N–H and O–H groups in total. The molecule has 0 aliphatic carbocycles. The Bertz CT molecular complexity index is 930. The van der Waals surface area contributed by atoms with Gasteiger partial charge in [0.05, 0.1) is 5.69 Å². The van der Waals surface area contributed by atoms with Crippen LogP contribution in [0.25, 0.3) is 0 Å². The molecule has 0 aromatic carbocycles. The first-order valence-electron chi connectivity index (χ1n) is 10.3. The number of nitrogens with one attached hydrogen (secondary N) is 1. The Kier molecular flexibility index (Phi) is 6.48. The summed E-state index contributed by atoms with van der Waals surface area (Å²) >= 11 is 3.17. The SMILES string of the molecule is Cc1csc(NC(=O)C2CCN(C(=O)CCC(=O)N3CCc4sccc4C3)CC2)n1. The van der Waals surface area contributed by atoms with Crippen molar-refractivity contribution >= 4 is 45.5 Å². The van der Waals surface area contributed by atoms with Gasteiger partial charge in [0.15, 0.2) is 5.13 Å². The van der Waals surface area contributed by atoms with Crippen LogP contribution in [0.15, 0.2) is 16.8 Å². The number of thiazole rings is 1. The Morgan fingerprint density at radius 2 is 1.83 bits per heavy atom. The number of anilines is 1. The van der Waals surface area contributed by atoms with Crippen molar-refractivity contribution in [2.75, 3.05) is 25.0 Å². The minimum absolute atomic E-state index is 0.00554. The summed E-state index contributed by atoms with van der Waals surface area (Å²) in [5, 5.41) is 7.48. The van der Waals surface area contributed by atoms with Gasteiger partial charge in [-0.15, -0.1) is 22.7 Å². The van der Waals surface area contributed by atoms with E-state index < -0.39 is 0 Å². The maximum atomic E-state index is 12.6. The van der Waals surface area contributed by atoms with E-state index in [0.717, 1.165) is 18.7 Å². The van der Waals surface area contributed by atoms with Crippen molar-refractivity contribution in [3.63, 3.8) is 0 Å². The molecule has 4 heterocycles. The monoisotopic (exact) mass is 446 g/mol. The van der Waals surface area contributed by atoms with Crippen LogP contribution in [0.2, 0.25) is 0 Å². The number of nitrogens with zero attached hydrogens (tertiary/aromatic N) is 3. The van der Waals surface area contributed by atoms with Crippen LogP contribution in [0, 0.1) is 12.8 Å². The molecule has 7 nitrogen and oxygen atoms in total. The first-order chi connectivity index (χ1) is 14.5. The molecule has 2 aromatic heterocycles. The van der Waals surface area contributed by atoms with Gasteiger partial charge in [-0.05, 0) is 43.2 Å². The van der Waals surface area contributed by atoms with E-state index in [0.29, 0.717) is 37.6 Å². The maximum Gasteiger partial charge on any atom is 0.229 e. The smallest absolute Gasteiger partial charge is 0.229 e. The highest BCUT2D eigenvalue weighted by atomic mass is 32.1. The van der Waals surface area contributed by atoms with Gasteiger partial charge >= 0.3 is 0 Å². The fourth-order valence-corrected chi connectivity index (χ4v) is 5.58. The Morgan fingerprint density at radius 1 is 1.10 bits per heavy atom. The average molecular weight is 447 g/mol. The molecule has 0 spiro atoms. The molecule has 160 valence electrons. The standard InChI is InChI=1S/C21H26N4O3S2/c1-14-13-30-21(22-14)23-20(28)15-4-8-24(9-5-15)18(26)2-3-19(27)25-10-6-17-16(12-25)7-11-29-17/h7,11,13,15H,2-6,8-10,12H2,1H3,(H,22,23,28). The predicted molar refractivity (Wildman–Crippen MR) is 117 cm³/mol. The normalized spacial score (nSPS) is 17.0. The van der Waals surface area contributed by atoms with E-state index in [4.69, 9.17) is 0 Å². The van der Waals surface area contributed by atoms with Gasteiger partial charge in [-0.2, -0.15) is 0 Å².